The lowest BCUT2D eigenvalue weighted by Crippen LogP contribution is -2.30. The van der Waals surface area contributed by atoms with Gasteiger partial charge in [-0.15, -0.1) is 0 Å². The summed E-state index contributed by atoms with van der Waals surface area (Å²) in [5, 5.41) is 4.28. The highest BCUT2D eigenvalue weighted by molar-refractivity contribution is 8.21. The number of hydrogen-bond acceptors (Lipinski definition) is 5. The quantitative estimate of drug-likeness (QED) is 0.152. The Bertz CT molecular complexity index is 3970. The lowest BCUT2D eigenvalue weighted by atomic mass is 9.98. The van der Waals surface area contributed by atoms with Crippen LogP contribution in [0.2, 0.25) is 0 Å². The molecule has 2 aliphatic heterocycles. The summed E-state index contributed by atoms with van der Waals surface area (Å²) in [5.74, 6) is 3.16. The molecule has 0 aliphatic carbocycles. The molecular formula is C64H46N2O5S. The van der Waals surface area contributed by atoms with Crippen molar-refractivity contribution in [3.63, 3.8) is 0 Å². The molecule has 8 heteroatoms. The van der Waals surface area contributed by atoms with Crippen LogP contribution in [0, 0.1) is 0 Å². The van der Waals surface area contributed by atoms with Crippen LogP contribution in [0.4, 0.5) is 0 Å². The van der Waals surface area contributed by atoms with Gasteiger partial charge in [-0.3, -0.25) is 4.21 Å². The second kappa shape index (κ2) is 15.3. The zero-order valence-electron chi connectivity index (χ0n) is 40.0. The lowest BCUT2D eigenvalue weighted by Gasteiger charge is -2.38. The van der Waals surface area contributed by atoms with Crippen LogP contribution in [-0.2, 0) is 9.07 Å². The van der Waals surface area contributed by atoms with Crippen LogP contribution >= 0.6 is 0 Å². The predicted molar refractivity (Wildman–Crippen MR) is 291 cm³/mol. The number of benzene rings is 10. The zero-order valence-corrected chi connectivity index (χ0v) is 40.8. The first-order valence-corrected chi connectivity index (χ1v) is 26.0. The topological polar surface area (TPSA) is 63.9 Å². The van der Waals surface area contributed by atoms with E-state index in [9.17, 15) is 0 Å². The van der Waals surface area contributed by atoms with Gasteiger partial charge in [-0.1, -0.05) is 84.9 Å². The predicted octanol–water partition coefficient (Wildman–Crippen LogP) is 15.6. The summed E-state index contributed by atoms with van der Waals surface area (Å²) in [6.45, 7) is 0. The number of fused-ring (bicyclic) bond motifs is 16. The number of ether oxygens (including phenoxy) is 4. The van der Waals surface area contributed by atoms with Gasteiger partial charge in [-0.2, -0.15) is 0 Å². The Labute approximate surface area is 416 Å². The average Bonchev–Trinajstić information content (AvgIpc) is 4.12. The van der Waals surface area contributed by atoms with Gasteiger partial charge >= 0.3 is 0 Å². The van der Waals surface area contributed by atoms with Crippen LogP contribution in [0.3, 0.4) is 0 Å². The maximum Gasteiger partial charge on any atom is 0.119 e. The molecule has 2 aliphatic rings. The molecule has 0 radical (unpaired) electrons. The summed E-state index contributed by atoms with van der Waals surface area (Å²) in [6.07, 6.45) is 0. The van der Waals surface area contributed by atoms with E-state index in [1.165, 1.54) is 0 Å². The number of para-hydroxylation sites is 2. The summed E-state index contributed by atoms with van der Waals surface area (Å²) < 4.78 is 45.3. The van der Waals surface area contributed by atoms with Crippen LogP contribution in [0.15, 0.2) is 226 Å². The zero-order chi connectivity index (χ0) is 48.5. The Morgan fingerprint density at radius 2 is 0.611 bits per heavy atom. The molecular weight excluding hydrogens is 909 g/mol. The van der Waals surface area contributed by atoms with Crippen molar-refractivity contribution in [2.45, 2.75) is 19.6 Å². The van der Waals surface area contributed by atoms with Gasteiger partial charge in [0.25, 0.3) is 0 Å². The van der Waals surface area contributed by atoms with Gasteiger partial charge in [0.1, 0.15) is 23.0 Å². The largest absolute Gasteiger partial charge is 0.497 e. The lowest BCUT2D eigenvalue weighted by molar-refractivity contribution is 0.415. The van der Waals surface area contributed by atoms with E-state index in [1.54, 1.807) is 28.4 Å². The van der Waals surface area contributed by atoms with E-state index in [-0.39, 0.29) is 0 Å². The standard InChI is InChI=1S/C64H46N2O5S/c1-68-41-23-27-57-49(35-41)50-36-42(69-2)24-28-58(50)65(57)55-17-9-5-13-45(55)39-21-31-63-53(33-39)47-15-7-11-19-61(47)72(63,67)62-20-12-8-16-48(62)54-34-40(22-32-64(54)72)46-14-6-10-18-56(46)66-59-29-25-43(70-3)37-51(59)52-38-44(71-4)26-30-60(52)66/h5-38H,1-4H3. The first-order valence-electron chi connectivity index (χ1n) is 24.0. The average molecular weight is 955 g/mol. The number of methoxy groups -OCH3 is 4. The van der Waals surface area contributed by atoms with Gasteiger partial charge in [0.15, 0.2) is 0 Å². The smallest absolute Gasteiger partial charge is 0.119 e. The van der Waals surface area contributed by atoms with Crippen molar-refractivity contribution in [1.29, 1.82) is 0 Å². The molecule has 0 amide bonds. The Balaban J connectivity index is 0.963. The molecule has 0 fully saturated rings. The molecule has 14 rings (SSSR count). The van der Waals surface area contributed by atoms with Gasteiger partial charge < -0.3 is 28.1 Å². The van der Waals surface area contributed by atoms with Crippen LogP contribution in [0.5, 0.6) is 23.0 Å². The molecule has 0 unspecified atom stereocenters. The molecule has 72 heavy (non-hydrogen) atoms. The fourth-order valence-electron chi connectivity index (χ4n) is 12.1. The minimum Gasteiger partial charge on any atom is -0.497 e. The van der Waals surface area contributed by atoms with E-state index in [2.05, 4.69) is 179 Å². The molecule has 0 saturated carbocycles. The summed E-state index contributed by atoms with van der Waals surface area (Å²) in [6, 6.07) is 72.0. The molecule has 10 aromatic carbocycles. The van der Waals surface area contributed by atoms with Crippen molar-refractivity contribution in [3.8, 4) is 78.9 Å². The third-order valence-electron chi connectivity index (χ3n) is 15.3. The summed E-state index contributed by atoms with van der Waals surface area (Å²) in [7, 11) is 2.62. The van der Waals surface area contributed by atoms with Crippen LogP contribution in [-0.4, -0.2) is 41.8 Å². The highest BCUT2D eigenvalue weighted by Gasteiger charge is 2.57. The van der Waals surface area contributed by atoms with E-state index >= 15 is 4.21 Å². The maximum absolute atomic E-state index is 17.8. The minimum absolute atomic E-state index is 0.789. The van der Waals surface area contributed by atoms with Gasteiger partial charge in [0.2, 0.25) is 0 Å². The Morgan fingerprint density at radius 1 is 0.306 bits per heavy atom. The van der Waals surface area contributed by atoms with Crippen molar-refractivity contribution in [3.05, 3.63) is 206 Å². The molecule has 2 aromatic heterocycles. The monoisotopic (exact) mass is 954 g/mol. The van der Waals surface area contributed by atoms with E-state index in [4.69, 9.17) is 18.9 Å². The second-order valence-electron chi connectivity index (χ2n) is 18.6. The second-order valence-corrected chi connectivity index (χ2v) is 22.2. The van der Waals surface area contributed by atoms with E-state index < -0.39 is 9.07 Å². The molecule has 0 atom stereocenters. The van der Waals surface area contributed by atoms with Gasteiger partial charge in [-0.25, -0.2) is 0 Å². The van der Waals surface area contributed by atoms with Crippen molar-refractivity contribution >= 4 is 52.7 Å². The first-order chi connectivity index (χ1) is 35.3. The fraction of sp³-hybridized carbons (Fsp3) is 0.0625. The number of nitrogens with zero attached hydrogens (tertiary/aromatic N) is 2. The molecule has 7 nitrogen and oxygen atoms in total. The maximum atomic E-state index is 17.8. The van der Waals surface area contributed by atoms with Crippen LogP contribution in [0.1, 0.15) is 0 Å². The van der Waals surface area contributed by atoms with Gasteiger partial charge in [0.05, 0.1) is 61.9 Å². The molecule has 0 saturated heterocycles. The van der Waals surface area contributed by atoms with E-state index in [1.807, 2.05) is 36.4 Å². The van der Waals surface area contributed by atoms with E-state index in [0.717, 1.165) is 142 Å². The molecule has 348 valence electrons. The SMILES string of the molecule is COc1ccc2c(c1)c1cc(OC)ccc1n2-c1ccccc1-c1ccc2c(c1)-c1ccccc1S21(=O)c2ccccc2-c2cc(-c3ccccc3-n3c4ccc(OC)cc4c4cc(OC)ccc43)ccc21. The van der Waals surface area contributed by atoms with Crippen molar-refractivity contribution in [2.24, 2.45) is 0 Å². The number of aromatic nitrogens is 2. The summed E-state index contributed by atoms with van der Waals surface area (Å²) >= 11 is 0. The third kappa shape index (κ3) is 5.47. The van der Waals surface area contributed by atoms with Crippen molar-refractivity contribution < 1.29 is 23.2 Å². The van der Waals surface area contributed by atoms with Crippen LogP contribution < -0.4 is 18.9 Å². The number of hydrogen-bond donors (Lipinski definition) is 0. The molecule has 12 aromatic rings. The van der Waals surface area contributed by atoms with E-state index in [0.29, 0.717) is 0 Å². The van der Waals surface area contributed by atoms with Gasteiger partial charge in [0, 0.05) is 61.3 Å². The Kier molecular flexibility index (Phi) is 8.95. The third-order valence-corrected chi connectivity index (χ3v) is 20.0. The molecule has 0 bridgehead atoms. The highest BCUT2D eigenvalue weighted by atomic mass is 32.3. The van der Waals surface area contributed by atoms with Crippen molar-refractivity contribution in [2.75, 3.05) is 28.4 Å². The van der Waals surface area contributed by atoms with Crippen molar-refractivity contribution in [1.82, 2.24) is 9.13 Å². The molecule has 4 heterocycles. The number of rotatable bonds is 8. The summed E-state index contributed by atoms with van der Waals surface area (Å²) in [5.41, 5.74) is 14.4. The fourth-order valence-corrected chi connectivity index (χ4v) is 17.2. The normalized spacial score (nSPS) is 14.2. The summed E-state index contributed by atoms with van der Waals surface area (Å²) in [4.78, 5) is 3.35. The molecule has 1 spiro atoms. The Hall–Kier alpha value is -8.85. The molecule has 0 N–H and O–H groups in total. The Morgan fingerprint density at radius 3 is 0.958 bits per heavy atom. The van der Waals surface area contributed by atoms with Crippen LogP contribution in [0.25, 0.3) is 99.5 Å². The first kappa shape index (κ1) is 42.1. The highest BCUT2D eigenvalue weighted by Crippen LogP contribution is 2.71. The van der Waals surface area contributed by atoms with Gasteiger partial charge in [-0.05, 0) is 155 Å². The minimum atomic E-state index is -4.18.